The highest BCUT2D eigenvalue weighted by molar-refractivity contribution is 5.82. The van der Waals surface area contributed by atoms with E-state index in [0.717, 1.165) is 24.3 Å². The molecule has 0 atom stereocenters. The van der Waals surface area contributed by atoms with Crippen LogP contribution in [0.3, 0.4) is 0 Å². The lowest BCUT2D eigenvalue weighted by Crippen LogP contribution is -2.39. The molecular formula is C13H19N3O. The molecule has 3 N–H and O–H groups in total. The van der Waals surface area contributed by atoms with Crippen molar-refractivity contribution in [1.29, 1.82) is 0 Å². The Hall–Kier alpha value is -1.71. The van der Waals surface area contributed by atoms with Crippen LogP contribution in [-0.2, 0) is 11.2 Å². The van der Waals surface area contributed by atoms with E-state index in [9.17, 15) is 4.79 Å². The Balaban J connectivity index is 2.06. The van der Waals surface area contributed by atoms with E-state index in [4.69, 9.17) is 5.73 Å². The number of anilines is 2. The smallest absolute Gasteiger partial charge is 0.239 e. The third-order valence-corrected chi connectivity index (χ3v) is 2.89. The van der Waals surface area contributed by atoms with E-state index < -0.39 is 0 Å². The quantitative estimate of drug-likeness (QED) is 0.770. The van der Waals surface area contributed by atoms with E-state index >= 15 is 0 Å². The first-order valence-electron chi connectivity index (χ1n) is 5.99. The zero-order valence-electron chi connectivity index (χ0n) is 10.4. The van der Waals surface area contributed by atoms with Crippen LogP contribution in [0.5, 0.6) is 0 Å². The molecule has 92 valence electrons. The number of carbonyl (C=O) groups is 1. The maximum absolute atomic E-state index is 11.7. The molecule has 0 saturated carbocycles. The van der Waals surface area contributed by atoms with Crippen LogP contribution in [0.4, 0.5) is 11.4 Å². The summed E-state index contributed by atoms with van der Waals surface area (Å²) in [5, 5.41) is 2.90. The Kier molecular flexibility index (Phi) is 3.22. The number of nitrogens with one attached hydrogen (secondary N) is 1. The van der Waals surface area contributed by atoms with Crippen LogP contribution in [0.1, 0.15) is 19.4 Å². The average molecular weight is 233 g/mol. The number of fused-ring (bicyclic) bond motifs is 1. The zero-order chi connectivity index (χ0) is 12.4. The molecule has 1 aromatic rings. The van der Waals surface area contributed by atoms with Crippen molar-refractivity contribution in [3.05, 3.63) is 23.8 Å². The Morgan fingerprint density at radius 1 is 1.53 bits per heavy atom. The lowest BCUT2D eigenvalue weighted by molar-refractivity contribution is -0.120. The number of nitrogens with two attached hydrogens (primary N) is 1. The van der Waals surface area contributed by atoms with Crippen LogP contribution in [0.15, 0.2) is 18.2 Å². The van der Waals surface area contributed by atoms with Crippen molar-refractivity contribution in [2.75, 3.05) is 23.7 Å². The molecule has 17 heavy (non-hydrogen) atoms. The lowest BCUT2D eigenvalue weighted by atomic mass is 10.1. The Morgan fingerprint density at radius 3 is 3.00 bits per heavy atom. The Bertz CT molecular complexity index is 429. The van der Waals surface area contributed by atoms with Gasteiger partial charge in [-0.15, -0.1) is 0 Å². The highest BCUT2D eigenvalue weighted by Gasteiger charge is 2.21. The van der Waals surface area contributed by atoms with Gasteiger partial charge in [0.2, 0.25) is 5.91 Å². The summed E-state index contributed by atoms with van der Waals surface area (Å²) < 4.78 is 0. The maximum Gasteiger partial charge on any atom is 0.239 e. The van der Waals surface area contributed by atoms with Gasteiger partial charge in [0.25, 0.3) is 0 Å². The first kappa shape index (κ1) is 11.8. The van der Waals surface area contributed by atoms with E-state index in [2.05, 4.69) is 10.2 Å². The molecule has 1 aliphatic heterocycles. The number of nitrogen functional groups attached to an aromatic ring is 1. The van der Waals surface area contributed by atoms with E-state index in [1.54, 1.807) is 0 Å². The molecule has 0 aliphatic carbocycles. The highest BCUT2D eigenvalue weighted by Crippen LogP contribution is 2.29. The van der Waals surface area contributed by atoms with Crippen LogP contribution in [0.2, 0.25) is 0 Å². The fraction of sp³-hybridized carbons (Fsp3) is 0.462. The average Bonchev–Trinajstić information content (AvgIpc) is 2.60. The minimum Gasteiger partial charge on any atom is -0.399 e. The second-order valence-corrected chi connectivity index (χ2v) is 4.78. The molecule has 0 aromatic heterocycles. The van der Waals surface area contributed by atoms with Crippen LogP contribution in [0.25, 0.3) is 0 Å². The number of benzene rings is 1. The number of nitrogens with zero attached hydrogens (tertiary/aromatic N) is 1. The van der Waals surface area contributed by atoms with Crippen molar-refractivity contribution in [2.45, 2.75) is 26.3 Å². The molecule has 2 rings (SSSR count). The van der Waals surface area contributed by atoms with Crippen molar-refractivity contribution in [2.24, 2.45) is 0 Å². The molecule has 1 heterocycles. The highest BCUT2D eigenvalue weighted by atomic mass is 16.2. The molecule has 0 fully saturated rings. The summed E-state index contributed by atoms with van der Waals surface area (Å²) in [6, 6.07) is 6.09. The largest absolute Gasteiger partial charge is 0.399 e. The van der Waals surface area contributed by atoms with Gasteiger partial charge in [-0.2, -0.15) is 0 Å². The third-order valence-electron chi connectivity index (χ3n) is 2.89. The van der Waals surface area contributed by atoms with Crippen molar-refractivity contribution in [1.82, 2.24) is 5.32 Å². The molecule has 1 amide bonds. The second-order valence-electron chi connectivity index (χ2n) is 4.78. The van der Waals surface area contributed by atoms with Gasteiger partial charge in [-0.3, -0.25) is 4.79 Å². The van der Waals surface area contributed by atoms with Gasteiger partial charge in [-0.25, -0.2) is 0 Å². The zero-order valence-corrected chi connectivity index (χ0v) is 10.4. The minimum absolute atomic E-state index is 0.0651. The van der Waals surface area contributed by atoms with Crippen molar-refractivity contribution in [3.63, 3.8) is 0 Å². The van der Waals surface area contributed by atoms with Crippen LogP contribution in [-0.4, -0.2) is 25.0 Å². The maximum atomic E-state index is 11.7. The normalized spacial score (nSPS) is 13.9. The summed E-state index contributed by atoms with van der Waals surface area (Å²) in [6.07, 6.45) is 0.991. The van der Waals surface area contributed by atoms with Gasteiger partial charge >= 0.3 is 0 Å². The van der Waals surface area contributed by atoms with E-state index in [1.807, 2.05) is 32.0 Å². The predicted molar refractivity (Wildman–Crippen MR) is 70.1 cm³/mol. The summed E-state index contributed by atoms with van der Waals surface area (Å²) in [6.45, 7) is 5.24. The molecule has 0 radical (unpaired) electrons. The number of hydrogen-bond donors (Lipinski definition) is 2. The molecule has 0 saturated heterocycles. The summed E-state index contributed by atoms with van der Waals surface area (Å²) in [5.74, 6) is 0.0651. The topological polar surface area (TPSA) is 58.4 Å². The van der Waals surface area contributed by atoms with Gasteiger partial charge in [0, 0.05) is 24.0 Å². The van der Waals surface area contributed by atoms with Crippen LogP contribution >= 0.6 is 0 Å². The third kappa shape index (κ3) is 2.70. The van der Waals surface area contributed by atoms with Crippen molar-refractivity contribution < 1.29 is 4.79 Å². The van der Waals surface area contributed by atoms with Gasteiger partial charge < -0.3 is 16.0 Å². The summed E-state index contributed by atoms with van der Waals surface area (Å²) in [5.41, 5.74) is 8.90. The number of carbonyl (C=O) groups excluding carboxylic acids is 1. The Labute approximate surface area is 102 Å². The van der Waals surface area contributed by atoms with Crippen LogP contribution in [0, 0.1) is 0 Å². The van der Waals surface area contributed by atoms with E-state index in [0.29, 0.717) is 6.54 Å². The first-order valence-corrected chi connectivity index (χ1v) is 5.99. The fourth-order valence-corrected chi connectivity index (χ4v) is 2.17. The monoisotopic (exact) mass is 233 g/mol. The first-order chi connectivity index (χ1) is 8.06. The van der Waals surface area contributed by atoms with Crippen LogP contribution < -0.4 is 16.0 Å². The minimum atomic E-state index is 0.0651. The SMILES string of the molecule is CC(C)NC(=O)CN1CCc2ccc(N)cc21. The van der Waals surface area contributed by atoms with E-state index in [-0.39, 0.29) is 11.9 Å². The molecule has 4 nitrogen and oxygen atoms in total. The second kappa shape index (κ2) is 4.65. The molecule has 4 heteroatoms. The molecule has 0 spiro atoms. The summed E-state index contributed by atoms with van der Waals surface area (Å²) in [4.78, 5) is 13.8. The van der Waals surface area contributed by atoms with Gasteiger partial charge in [0.15, 0.2) is 0 Å². The van der Waals surface area contributed by atoms with E-state index in [1.165, 1.54) is 5.56 Å². The van der Waals surface area contributed by atoms with Crippen molar-refractivity contribution in [3.8, 4) is 0 Å². The number of rotatable bonds is 3. The molecular weight excluding hydrogens is 214 g/mol. The predicted octanol–water partition coefficient (Wildman–Crippen LogP) is 1.16. The number of amides is 1. The van der Waals surface area contributed by atoms with Gasteiger partial charge in [-0.05, 0) is 38.0 Å². The van der Waals surface area contributed by atoms with Crippen molar-refractivity contribution >= 4 is 17.3 Å². The molecule has 0 unspecified atom stereocenters. The van der Waals surface area contributed by atoms with Gasteiger partial charge in [-0.1, -0.05) is 6.07 Å². The molecule has 1 aliphatic rings. The Morgan fingerprint density at radius 2 is 2.29 bits per heavy atom. The summed E-state index contributed by atoms with van der Waals surface area (Å²) >= 11 is 0. The van der Waals surface area contributed by atoms with Gasteiger partial charge in [0.05, 0.1) is 6.54 Å². The van der Waals surface area contributed by atoms with Gasteiger partial charge in [0.1, 0.15) is 0 Å². The fourth-order valence-electron chi connectivity index (χ4n) is 2.17. The standard InChI is InChI=1S/C13H19N3O/c1-9(2)15-13(17)8-16-6-5-10-3-4-11(14)7-12(10)16/h3-4,7,9H,5-6,8,14H2,1-2H3,(H,15,17). The lowest BCUT2D eigenvalue weighted by Gasteiger charge is -2.20. The molecule has 1 aromatic carbocycles. The number of hydrogen-bond acceptors (Lipinski definition) is 3. The molecule has 0 bridgehead atoms. The summed E-state index contributed by atoms with van der Waals surface area (Å²) in [7, 11) is 0.